The number of aliphatic hydroxyl groups excluding tert-OH is 1. The van der Waals surface area contributed by atoms with Gasteiger partial charge in [-0.3, -0.25) is 0 Å². The molecule has 3 atom stereocenters. The Morgan fingerprint density at radius 3 is 2.63 bits per heavy atom. The summed E-state index contributed by atoms with van der Waals surface area (Å²) in [5.74, 6) is 0.418. The van der Waals surface area contributed by atoms with E-state index in [0.717, 1.165) is 6.42 Å². The standard InChI is InChI=1S/C15H23NO3/c1-15(2,3)19-14(18)16-9-12(13(17)10-16)11-7-5-4-6-8-11/h4-7,11-13,17H,8-10H2,1-3H3/t11?,12-,13+/m1/s1. The second-order valence-electron chi connectivity index (χ2n) is 6.33. The topological polar surface area (TPSA) is 49.8 Å². The lowest BCUT2D eigenvalue weighted by Gasteiger charge is -2.25. The van der Waals surface area contributed by atoms with Crippen molar-refractivity contribution in [3.8, 4) is 0 Å². The molecule has 0 spiro atoms. The summed E-state index contributed by atoms with van der Waals surface area (Å²) in [6, 6.07) is 0. The maximum absolute atomic E-state index is 12.0. The van der Waals surface area contributed by atoms with Crippen molar-refractivity contribution in [1.29, 1.82) is 0 Å². The van der Waals surface area contributed by atoms with Gasteiger partial charge in [-0.1, -0.05) is 24.3 Å². The summed E-state index contributed by atoms with van der Waals surface area (Å²) in [5.41, 5.74) is -0.492. The minimum atomic E-state index is -0.492. The minimum Gasteiger partial charge on any atom is -0.444 e. The Labute approximate surface area is 114 Å². The van der Waals surface area contributed by atoms with E-state index >= 15 is 0 Å². The summed E-state index contributed by atoms with van der Waals surface area (Å²) < 4.78 is 5.35. The number of nitrogens with zero attached hydrogens (tertiary/aromatic N) is 1. The van der Waals surface area contributed by atoms with E-state index in [1.54, 1.807) is 4.90 Å². The average Bonchev–Trinajstić information content (AvgIpc) is 2.70. The first-order valence-electron chi connectivity index (χ1n) is 6.86. The number of rotatable bonds is 1. The molecule has 0 saturated carbocycles. The molecule has 1 saturated heterocycles. The van der Waals surface area contributed by atoms with Crippen LogP contribution < -0.4 is 0 Å². The van der Waals surface area contributed by atoms with Gasteiger partial charge in [0.25, 0.3) is 0 Å². The van der Waals surface area contributed by atoms with Crippen molar-refractivity contribution in [2.24, 2.45) is 11.8 Å². The van der Waals surface area contributed by atoms with Crippen molar-refractivity contribution in [2.45, 2.75) is 38.9 Å². The fourth-order valence-electron chi connectivity index (χ4n) is 2.63. The van der Waals surface area contributed by atoms with Crippen LogP contribution in [0.15, 0.2) is 24.3 Å². The Hall–Kier alpha value is -1.29. The van der Waals surface area contributed by atoms with E-state index in [1.807, 2.05) is 32.9 Å². The zero-order valence-corrected chi connectivity index (χ0v) is 11.9. The number of amides is 1. The maximum atomic E-state index is 12.0. The third kappa shape index (κ3) is 3.60. The molecule has 19 heavy (non-hydrogen) atoms. The first kappa shape index (κ1) is 14.1. The molecule has 0 aromatic carbocycles. The molecule has 2 aliphatic rings. The van der Waals surface area contributed by atoms with Crippen LogP contribution in [0.4, 0.5) is 4.79 Å². The lowest BCUT2D eigenvalue weighted by Crippen LogP contribution is -2.36. The quantitative estimate of drug-likeness (QED) is 0.791. The van der Waals surface area contributed by atoms with Crippen LogP contribution in [0.1, 0.15) is 27.2 Å². The van der Waals surface area contributed by atoms with Crippen LogP contribution in [0.3, 0.4) is 0 Å². The van der Waals surface area contributed by atoms with Gasteiger partial charge in [0, 0.05) is 12.5 Å². The molecule has 1 heterocycles. The molecule has 0 radical (unpaired) electrons. The molecular weight excluding hydrogens is 242 g/mol. The van der Waals surface area contributed by atoms with Crippen LogP contribution in [0.25, 0.3) is 0 Å². The molecule has 1 N–H and O–H groups in total. The van der Waals surface area contributed by atoms with Gasteiger partial charge in [-0.15, -0.1) is 0 Å². The van der Waals surface area contributed by atoms with Crippen molar-refractivity contribution in [1.82, 2.24) is 4.90 Å². The van der Waals surface area contributed by atoms with Crippen molar-refractivity contribution in [2.75, 3.05) is 13.1 Å². The molecule has 0 aromatic heterocycles. The average molecular weight is 265 g/mol. The molecule has 1 unspecified atom stereocenters. The molecule has 0 aromatic rings. The van der Waals surface area contributed by atoms with E-state index < -0.39 is 11.7 Å². The summed E-state index contributed by atoms with van der Waals surface area (Å²) in [4.78, 5) is 13.6. The predicted octanol–water partition coefficient (Wildman–Crippen LogP) is 2.35. The summed E-state index contributed by atoms with van der Waals surface area (Å²) in [6.07, 6.45) is 8.39. The van der Waals surface area contributed by atoms with Crippen LogP contribution >= 0.6 is 0 Å². The first-order chi connectivity index (χ1) is 8.87. The first-order valence-corrected chi connectivity index (χ1v) is 6.86. The molecule has 0 bridgehead atoms. The highest BCUT2D eigenvalue weighted by Crippen LogP contribution is 2.30. The number of hydrogen-bond acceptors (Lipinski definition) is 3. The molecule has 1 amide bonds. The number of hydrogen-bond donors (Lipinski definition) is 1. The van der Waals surface area contributed by atoms with Gasteiger partial charge in [0.1, 0.15) is 5.60 Å². The smallest absolute Gasteiger partial charge is 0.410 e. The van der Waals surface area contributed by atoms with Crippen LogP contribution in [-0.2, 0) is 4.74 Å². The second kappa shape index (κ2) is 5.37. The molecule has 4 heteroatoms. The van der Waals surface area contributed by atoms with Crippen LogP contribution in [0.5, 0.6) is 0 Å². The Morgan fingerprint density at radius 2 is 2.05 bits per heavy atom. The molecular formula is C15H23NO3. The van der Waals surface area contributed by atoms with Crippen LogP contribution in [0.2, 0.25) is 0 Å². The van der Waals surface area contributed by atoms with Gasteiger partial charge in [-0.05, 0) is 33.1 Å². The lowest BCUT2D eigenvalue weighted by atomic mass is 9.85. The largest absolute Gasteiger partial charge is 0.444 e. The molecule has 4 nitrogen and oxygen atoms in total. The van der Waals surface area contributed by atoms with Crippen molar-refractivity contribution in [3.63, 3.8) is 0 Å². The second-order valence-corrected chi connectivity index (χ2v) is 6.33. The number of aliphatic hydroxyl groups is 1. The van der Waals surface area contributed by atoms with Crippen molar-refractivity contribution in [3.05, 3.63) is 24.3 Å². The monoisotopic (exact) mass is 265 g/mol. The maximum Gasteiger partial charge on any atom is 0.410 e. The zero-order chi connectivity index (χ0) is 14.0. The van der Waals surface area contributed by atoms with E-state index in [9.17, 15) is 9.90 Å². The number of carbonyl (C=O) groups excluding carboxylic acids is 1. The van der Waals surface area contributed by atoms with Crippen molar-refractivity contribution < 1.29 is 14.6 Å². The van der Waals surface area contributed by atoms with Gasteiger partial charge in [0.2, 0.25) is 0 Å². The summed E-state index contributed by atoms with van der Waals surface area (Å²) in [7, 11) is 0. The van der Waals surface area contributed by atoms with E-state index in [2.05, 4.69) is 12.2 Å². The van der Waals surface area contributed by atoms with E-state index in [4.69, 9.17) is 4.74 Å². The van der Waals surface area contributed by atoms with Gasteiger partial charge in [0.15, 0.2) is 0 Å². The number of ether oxygens (including phenoxy) is 1. The Morgan fingerprint density at radius 1 is 1.32 bits per heavy atom. The highest BCUT2D eigenvalue weighted by atomic mass is 16.6. The van der Waals surface area contributed by atoms with E-state index in [-0.39, 0.29) is 12.0 Å². The Kier molecular flexibility index (Phi) is 3.99. The van der Waals surface area contributed by atoms with E-state index in [1.165, 1.54) is 0 Å². The summed E-state index contributed by atoms with van der Waals surface area (Å²) in [5, 5.41) is 10.2. The van der Waals surface area contributed by atoms with Gasteiger partial charge >= 0.3 is 6.09 Å². The highest BCUT2D eigenvalue weighted by Gasteiger charge is 2.39. The highest BCUT2D eigenvalue weighted by molar-refractivity contribution is 5.68. The number of β-amino-alcohol motifs (C(OH)–C–C–N with tert-alkyl or cyclic N) is 1. The Bertz CT molecular complexity index is 395. The minimum absolute atomic E-state index is 0.105. The number of allylic oxidation sites excluding steroid dienone is 4. The summed E-state index contributed by atoms with van der Waals surface area (Å²) >= 11 is 0. The van der Waals surface area contributed by atoms with Gasteiger partial charge in [-0.25, -0.2) is 4.79 Å². The van der Waals surface area contributed by atoms with Gasteiger partial charge in [-0.2, -0.15) is 0 Å². The molecule has 1 aliphatic carbocycles. The summed E-state index contributed by atoms with van der Waals surface area (Å²) in [6.45, 7) is 6.49. The SMILES string of the molecule is CC(C)(C)OC(=O)N1C[C@H](C2C=CC=CC2)[C@@H](O)C1. The van der Waals surface area contributed by atoms with Crippen LogP contribution in [-0.4, -0.2) is 40.9 Å². The third-order valence-corrected chi connectivity index (χ3v) is 3.55. The van der Waals surface area contributed by atoms with Gasteiger partial charge < -0.3 is 14.7 Å². The zero-order valence-electron chi connectivity index (χ0n) is 11.9. The number of likely N-dealkylation sites (tertiary alicyclic amines) is 1. The molecule has 2 rings (SSSR count). The molecule has 1 aliphatic heterocycles. The third-order valence-electron chi connectivity index (χ3n) is 3.55. The fraction of sp³-hybridized carbons (Fsp3) is 0.667. The fourth-order valence-corrected chi connectivity index (χ4v) is 2.63. The Balaban J connectivity index is 1.95. The molecule has 1 fully saturated rings. The molecule has 106 valence electrons. The normalized spacial score (nSPS) is 30.7. The van der Waals surface area contributed by atoms with Gasteiger partial charge in [0.05, 0.1) is 12.6 Å². The van der Waals surface area contributed by atoms with Crippen molar-refractivity contribution >= 4 is 6.09 Å². The van der Waals surface area contributed by atoms with Crippen LogP contribution in [0, 0.1) is 11.8 Å². The lowest BCUT2D eigenvalue weighted by molar-refractivity contribution is 0.0269. The number of carbonyl (C=O) groups is 1. The predicted molar refractivity (Wildman–Crippen MR) is 73.7 cm³/mol. The van der Waals surface area contributed by atoms with E-state index in [0.29, 0.717) is 19.0 Å².